The highest BCUT2D eigenvalue weighted by atomic mass is 32.2. The minimum Gasteiger partial charge on any atom is -0.325 e. The smallest absolute Gasteiger partial charge is 0.245 e. The lowest BCUT2D eigenvalue weighted by molar-refractivity contribution is -0.114. The number of nitrogens with one attached hydrogen (secondary N) is 1. The summed E-state index contributed by atoms with van der Waals surface area (Å²) in [5.41, 5.74) is 1.98. The van der Waals surface area contributed by atoms with Gasteiger partial charge in [-0.05, 0) is 55.7 Å². The highest BCUT2D eigenvalue weighted by Crippen LogP contribution is 2.35. The highest BCUT2D eigenvalue weighted by Gasteiger charge is 2.22. The number of hydrogen-bond acceptors (Lipinski definition) is 4. The molecule has 28 heavy (non-hydrogen) atoms. The van der Waals surface area contributed by atoms with Gasteiger partial charge in [0.15, 0.2) is 0 Å². The summed E-state index contributed by atoms with van der Waals surface area (Å²) >= 11 is 1.89. The third-order valence-corrected chi connectivity index (χ3v) is 7.29. The Morgan fingerprint density at radius 3 is 2.36 bits per heavy atom. The molecule has 2 aromatic carbocycles. The molecule has 1 aliphatic carbocycles. The van der Waals surface area contributed by atoms with E-state index in [-0.39, 0.29) is 12.5 Å². The van der Waals surface area contributed by atoms with Crippen LogP contribution in [0.15, 0.2) is 53.4 Å². The minimum atomic E-state index is -3.58. The van der Waals surface area contributed by atoms with Gasteiger partial charge in [0.05, 0.1) is 11.9 Å². The maximum atomic E-state index is 12.5. The van der Waals surface area contributed by atoms with Crippen molar-refractivity contribution in [2.45, 2.75) is 42.8 Å². The van der Waals surface area contributed by atoms with E-state index < -0.39 is 10.0 Å². The number of amides is 1. The van der Waals surface area contributed by atoms with Crippen LogP contribution in [0, 0.1) is 6.92 Å². The summed E-state index contributed by atoms with van der Waals surface area (Å²) < 4.78 is 25.6. The number of carbonyl (C=O) groups is 1. The Bertz CT molecular complexity index is 921. The fourth-order valence-electron chi connectivity index (χ4n) is 3.37. The summed E-state index contributed by atoms with van der Waals surface area (Å²) in [7, 11) is -3.58. The highest BCUT2D eigenvalue weighted by molar-refractivity contribution is 8.00. The number of rotatable bonds is 7. The van der Waals surface area contributed by atoms with Gasteiger partial charge in [-0.15, -0.1) is 11.8 Å². The molecule has 2 aromatic rings. The zero-order valence-corrected chi connectivity index (χ0v) is 17.9. The first-order valence-electron chi connectivity index (χ1n) is 9.43. The van der Waals surface area contributed by atoms with Crippen molar-refractivity contribution in [3.8, 4) is 0 Å². The predicted octanol–water partition coefficient (Wildman–Crippen LogP) is 4.43. The van der Waals surface area contributed by atoms with Crippen molar-refractivity contribution in [2.24, 2.45) is 0 Å². The van der Waals surface area contributed by atoms with Crippen molar-refractivity contribution in [1.29, 1.82) is 0 Å². The molecular weight excluding hydrogens is 392 g/mol. The fraction of sp³-hybridized carbons (Fsp3) is 0.381. The maximum absolute atomic E-state index is 12.5. The number of sulfonamides is 1. The Kier molecular flexibility index (Phi) is 6.67. The topological polar surface area (TPSA) is 66.5 Å². The normalized spacial score (nSPS) is 14.8. The number of para-hydroxylation sites is 1. The molecule has 0 radical (unpaired) electrons. The van der Waals surface area contributed by atoms with Gasteiger partial charge in [0, 0.05) is 15.8 Å². The number of benzene rings is 2. The lowest BCUT2D eigenvalue weighted by Crippen LogP contribution is -2.37. The van der Waals surface area contributed by atoms with E-state index in [2.05, 4.69) is 5.32 Å². The van der Waals surface area contributed by atoms with E-state index >= 15 is 0 Å². The summed E-state index contributed by atoms with van der Waals surface area (Å²) in [4.78, 5) is 13.7. The zero-order valence-electron chi connectivity index (χ0n) is 16.2. The summed E-state index contributed by atoms with van der Waals surface area (Å²) in [6.07, 6.45) is 6.27. The Morgan fingerprint density at radius 1 is 1.11 bits per heavy atom. The number of aryl methyl sites for hydroxylation is 1. The van der Waals surface area contributed by atoms with Gasteiger partial charge in [-0.3, -0.25) is 9.10 Å². The van der Waals surface area contributed by atoms with E-state index in [1.165, 1.54) is 30.6 Å². The fourth-order valence-corrected chi connectivity index (χ4v) is 5.53. The molecule has 0 aromatic heterocycles. The lowest BCUT2D eigenvalue weighted by atomic mass is 10.2. The van der Waals surface area contributed by atoms with Crippen LogP contribution in [0.3, 0.4) is 0 Å². The molecule has 0 aliphatic heterocycles. The van der Waals surface area contributed by atoms with Gasteiger partial charge in [0.2, 0.25) is 15.9 Å². The quantitative estimate of drug-likeness (QED) is 0.722. The van der Waals surface area contributed by atoms with Crippen molar-refractivity contribution in [2.75, 3.05) is 22.4 Å². The minimum absolute atomic E-state index is 0.262. The number of carbonyl (C=O) groups excluding carboxylic acids is 1. The largest absolute Gasteiger partial charge is 0.325 e. The average molecular weight is 419 g/mol. The van der Waals surface area contributed by atoms with Crippen molar-refractivity contribution >= 4 is 39.1 Å². The van der Waals surface area contributed by atoms with Crippen LogP contribution in [-0.4, -0.2) is 32.4 Å². The molecule has 1 aliphatic rings. The van der Waals surface area contributed by atoms with Crippen LogP contribution in [-0.2, 0) is 14.8 Å². The molecule has 0 saturated heterocycles. The van der Waals surface area contributed by atoms with Gasteiger partial charge in [-0.1, -0.05) is 31.0 Å². The summed E-state index contributed by atoms with van der Waals surface area (Å²) in [5.74, 6) is -0.370. The second-order valence-corrected chi connectivity index (χ2v) is 10.4. The third-order valence-electron chi connectivity index (χ3n) is 4.81. The van der Waals surface area contributed by atoms with Crippen LogP contribution >= 0.6 is 11.8 Å². The molecule has 0 spiro atoms. The Hall–Kier alpha value is -1.99. The molecule has 1 saturated carbocycles. The van der Waals surface area contributed by atoms with Crippen LogP contribution in [0.5, 0.6) is 0 Å². The Balaban J connectivity index is 1.65. The Morgan fingerprint density at radius 2 is 1.75 bits per heavy atom. The van der Waals surface area contributed by atoms with Gasteiger partial charge in [0.25, 0.3) is 0 Å². The molecule has 1 fully saturated rings. The molecule has 3 rings (SSSR count). The summed E-state index contributed by atoms with van der Waals surface area (Å²) in [6, 6.07) is 14.9. The predicted molar refractivity (Wildman–Crippen MR) is 117 cm³/mol. The van der Waals surface area contributed by atoms with E-state index in [9.17, 15) is 13.2 Å². The van der Waals surface area contributed by atoms with Crippen molar-refractivity contribution < 1.29 is 13.2 Å². The van der Waals surface area contributed by atoms with E-state index in [0.717, 1.165) is 16.1 Å². The van der Waals surface area contributed by atoms with E-state index in [1.54, 1.807) is 12.1 Å². The van der Waals surface area contributed by atoms with Crippen LogP contribution in [0.25, 0.3) is 0 Å². The molecule has 0 heterocycles. The molecular formula is C21H26N2O3S2. The van der Waals surface area contributed by atoms with Crippen LogP contribution in [0.2, 0.25) is 0 Å². The average Bonchev–Trinajstić information content (AvgIpc) is 3.14. The van der Waals surface area contributed by atoms with Gasteiger partial charge in [-0.25, -0.2) is 8.42 Å². The molecule has 150 valence electrons. The van der Waals surface area contributed by atoms with Crippen LogP contribution < -0.4 is 9.62 Å². The molecule has 5 nitrogen and oxygen atoms in total. The molecule has 1 amide bonds. The van der Waals surface area contributed by atoms with Crippen LogP contribution in [0.4, 0.5) is 11.4 Å². The number of hydrogen-bond donors (Lipinski definition) is 1. The molecule has 0 bridgehead atoms. The van der Waals surface area contributed by atoms with Crippen molar-refractivity contribution in [3.63, 3.8) is 0 Å². The summed E-state index contributed by atoms with van der Waals surface area (Å²) in [6.45, 7) is 1.56. The van der Waals surface area contributed by atoms with Gasteiger partial charge >= 0.3 is 0 Å². The first-order chi connectivity index (χ1) is 13.3. The van der Waals surface area contributed by atoms with E-state index in [1.807, 2.05) is 55.1 Å². The number of thioether (sulfide) groups is 1. The van der Waals surface area contributed by atoms with Gasteiger partial charge in [0.1, 0.15) is 6.54 Å². The number of anilines is 2. The SMILES string of the molecule is Cc1ccccc1N(CC(=O)Nc1ccc(SC2CCCC2)cc1)S(C)(=O)=O. The monoisotopic (exact) mass is 418 g/mol. The molecule has 7 heteroatoms. The lowest BCUT2D eigenvalue weighted by Gasteiger charge is -2.23. The van der Waals surface area contributed by atoms with E-state index in [4.69, 9.17) is 0 Å². The maximum Gasteiger partial charge on any atom is 0.245 e. The third kappa shape index (κ3) is 5.52. The zero-order chi connectivity index (χ0) is 20.1. The standard InChI is InChI=1S/C21H26N2O3S2/c1-16-7-3-6-10-20(16)23(28(2,25)26)15-21(24)22-17-11-13-19(14-12-17)27-18-8-4-5-9-18/h3,6-7,10-14,18H,4-5,8-9,15H2,1-2H3,(H,22,24). The molecule has 0 atom stereocenters. The summed E-state index contributed by atoms with van der Waals surface area (Å²) in [5, 5.41) is 3.49. The van der Waals surface area contributed by atoms with E-state index in [0.29, 0.717) is 16.6 Å². The molecule has 0 unspecified atom stereocenters. The Labute approximate surface area is 171 Å². The van der Waals surface area contributed by atoms with Crippen molar-refractivity contribution in [3.05, 3.63) is 54.1 Å². The number of nitrogens with zero attached hydrogens (tertiary/aromatic N) is 1. The van der Waals surface area contributed by atoms with Crippen molar-refractivity contribution in [1.82, 2.24) is 0 Å². The van der Waals surface area contributed by atoms with Gasteiger partial charge < -0.3 is 5.32 Å². The van der Waals surface area contributed by atoms with Crippen LogP contribution in [0.1, 0.15) is 31.2 Å². The first-order valence-corrected chi connectivity index (χ1v) is 12.2. The second kappa shape index (κ2) is 9.01. The first kappa shape index (κ1) is 20.7. The second-order valence-electron chi connectivity index (χ2n) is 7.15. The van der Waals surface area contributed by atoms with Gasteiger partial charge in [-0.2, -0.15) is 0 Å². The molecule has 1 N–H and O–H groups in total.